The number of hydrogen-bond donors (Lipinski definition) is 2. The van der Waals surface area contributed by atoms with Crippen molar-refractivity contribution < 1.29 is 23.2 Å². The van der Waals surface area contributed by atoms with Gasteiger partial charge in [0.05, 0.1) is 36.3 Å². The minimum Gasteiger partial charge on any atom is -0.497 e. The highest BCUT2D eigenvalue weighted by Gasteiger charge is 2.30. The predicted molar refractivity (Wildman–Crippen MR) is 137 cm³/mol. The van der Waals surface area contributed by atoms with E-state index in [0.29, 0.717) is 22.3 Å². The summed E-state index contributed by atoms with van der Waals surface area (Å²) in [5.74, 6) is 5.74. The molecule has 3 rings (SSSR count). The maximum absolute atomic E-state index is 13.8. The number of methoxy groups -OCH3 is 1. The fourth-order valence-corrected chi connectivity index (χ4v) is 5.78. The number of likely N-dealkylation sites (N-methyl/N-ethyl adjacent to an activating group) is 1. The lowest BCUT2D eigenvalue weighted by molar-refractivity contribution is 0.0707. The third-order valence-electron chi connectivity index (χ3n) is 5.75. The number of amides is 1. The van der Waals surface area contributed by atoms with Gasteiger partial charge in [-0.25, -0.2) is 13.9 Å². The van der Waals surface area contributed by atoms with E-state index in [1.54, 1.807) is 30.6 Å². The molecule has 188 valence electrons. The van der Waals surface area contributed by atoms with Crippen LogP contribution in [0.4, 0.5) is 5.69 Å². The summed E-state index contributed by atoms with van der Waals surface area (Å²) in [4.78, 5) is 17.0. The Kier molecular flexibility index (Phi) is 9.15. The summed E-state index contributed by atoms with van der Waals surface area (Å²) in [7, 11) is -0.541. The lowest BCUT2D eigenvalue weighted by Crippen LogP contribution is -2.44. The van der Waals surface area contributed by atoms with Crippen molar-refractivity contribution in [3.8, 4) is 17.6 Å². The molecule has 1 fully saturated rings. The SMILES string of the molecule is COc1ccc(S(=O)(=O)N(CC#CCN2CCN(C)CC2)c2c(C)cc(Br)cc2C(=O)NO)cc1. The van der Waals surface area contributed by atoms with Crippen LogP contribution in [0.15, 0.2) is 45.8 Å². The zero-order valence-corrected chi connectivity index (χ0v) is 22.3. The topological polar surface area (TPSA) is 102 Å². The monoisotopic (exact) mass is 564 g/mol. The van der Waals surface area contributed by atoms with E-state index in [0.717, 1.165) is 30.5 Å². The van der Waals surface area contributed by atoms with Crippen LogP contribution in [0.3, 0.4) is 0 Å². The molecule has 9 nitrogen and oxygen atoms in total. The molecule has 1 amide bonds. The zero-order chi connectivity index (χ0) is 25.6. The molecule has 0 unspecified atom stereocenters. The van der Waals surface area contributed by atoms with Crippen molar-refractivity contribution in [2.75, 3.05) is 57.7 Å². The van der Waals surface area contributed by atoms with E-state index >= 15 is 0 Å². The molecule has 35 heavy (non-hydrogen) atoms. The van der Waals surface area contributed by atoms with Gasteiger partial charge in [-0.05, 0) is 55.9 Å². The van der Waals surface area contributed by atoms with Crippen LogP contribution in [0.1, 0.15) is 15.9 Å². The van der Waals surface area contributed by atoms with Gasteiger partial charge >= 0.3 is 0 Å². The summed E-state index contributed by atoms with van der Waals surface area (Å²) in [6.07, 6.45) is 0. The normalized spacial score (nSPS) is 14.7. The Morgan fingerprint density at radius 2 is 1.83 bits per heavy atom. The Hall–Kier alpha value is -2.62. The van der Waals surface area contributed by atoms with Gasteiger partial charge in [0.1, 0.15) is 5.75 Å². The van der Waals surface area contributed by atoms with Crippen LogP contribution < -0.4 is 14.5 Å². The number of rotatable bonds is 7. The lowest BCUT2D eigenvalue weighted by atomic mass is 10.1. The second kappa shape index (κ2) is 11.9. The number of carbonyl (C=O) groups excluding carboxylic acids is 1. The van der Waals surface area contributed by atoms with Crippen molar-refractivity contribution in [1.82, 2.24) is 15.3 Å². The van der Waals surface area contributed by atoms with E-state index < -0.39 is 15.9 Å². The first-order chi connectivity index (χ1) is 16.7. The average molecular weight is 565 g/mol. The number of hydroxylamine groups is 1. The second-order valence-electron chi connectivity index (χ2n) is 8.18. The molecule has 0 saturated carbocycles. The van der Waals surface area contributed by atoms with Crippen molar-refractivity contribution in [3.63, 3.8) is 0 Å². The maximum Gasteiger partial charge on any atom is 0.276 e. The molecule has 2 aromatic carbocycles. The van der Waals surface area contributed by atoms with Gasteiger partial charge in [0.25, 0.3) is 15.9 Å². The number of nitrogens with one attached hydrogen (secondary N) is 1. The number of sulfonamides is 1. The Labute approximate surface area is 214 Å². The van der Waals surface area contributed by atoms with Crippen LogP contribution in [-0.4, -0.2) is 82.8 Å². The van der Waals surface area contributed by atoms with E-state index in [1.807, 2.05) is 0 Å². The third kappa shape index (κ3) is 6.54. The number of hydrogen-bond acceptors (Lipinski definition) is 7. The average Bonchev–Trinajstić information content (AvgIpc) is 2.85. The van der Waals surface area contributed by atoms with Crippen LogP contribution in [0.5, 0.6) is 5.75 Å². The van der Waals surface area contributed by atoms with Crippen molar-refractivity contribution in [2.45, 2.75) is 11.8 Å². The number of carbonyl (C=O) groups is 1. The van der Waals surface area contributed by atoms with Gasteiger partial charge < -0.3 is 9.64 Å². The van der Waals surface area contributed by atoms with Crippen molar-refractivity contribution in [1.29, 1.82) is 0 Å². The fourth-order valence-electron chi connectivity index (χ4n) is 3.76. The summed E-state index contributed by atoms with van der Waals surface area (Å²) >= 11 is 3.34. The van der Waals surface area contributed by atoms with Gasteiger partial charge in [0, 0.05) is 30.7 Å². The van der Waals surface area contributed by atoms with E-state index in [2.05, 4.69) is 44.6 Å². The Morgan fingerprint density at radius 1 is 1.17 bits per heavy atom. The van der Waals surface area contributed by atoms with Crippen molar-refractivity contribution >= 4 is 37.5 Å². The van der Waals surface area contributed by atoms with Crippen LogP contribution in [0.2, 0.25) is 0 Å². The molecule has 0 aliphatic carbocycles. The molecule has 0 aromatic heterocycles. The molecule has 0 spiro atoms. The van der Waals surface area contributed by atoms with Gasteiger partial charge in [-0.1, -0.05) is 27.8 Å². The summed E-state index contributed by atoms with van der Waals surface area (Å²) in [6.45, 7) is 5.75. The van der Waals surface area contributed by atoms with Gasteiger partial charge in [0.2, 0.25) is 0 Å². The van der Waals surface area contributed by atoms with Crippen molar-refractivity contribution in [2.24, 2.45) is 0 Å². The summed E-state index contributed by atoms with van der Waals surface area (Å²) in [5.41, 5.74) is 2.27. The van der Waals surface area contributed by atoms with Crippen LogP contribution >= 0.6 is 15.9 Å². The Morgan fingerprint density at radius 3 is 2.43 bits per heavy atom. The third-order valence-corrected chi connectivity index (χ3v) is 7.97. The highest BCUT2D eigenvalue weighted by molar-refractivity contribution is 9.10. The standard InChI is InChI=1S/C24H29BrN4O5S/c1-18-16-19(25)17-22(24(30)26-31)23(18)29(11-5-4-10-28-14-12-27(2)13-15-28)35(32,33)21-8-6-20(34-3)7-9-21/h6-9,16-17,31H,10-15H2,1-3H3,(H,26,30). The summed E-state index contributed by atoms with van der Waals surface area (Å²) < 4.78 is 34.3. The lowest BCUT2D eigenvalue weighted by Gasteiger charge is -2.30. The quantitative estimate of drug-likeness (QED) is 0.302. The number of halogens is 1. The molecule has 1 saturated heterocycles. The number of benzene rings is 2. The molecule has 0 radical (unpaired) electrons. The minimum absolute atomic E-state index is 0.00247. The summed E-state index contributed by atoms with van der Waals surface area (Å²) in [5, 5.41) is 9.30. The molecule has 1 heterocycles. The van der Waals surface area contributed by atoms with Gasteiger partial charge in [-0.2, -0.15) is 0 Å². The van der Waals surface area contributed by atoms with Crippen LogP contribution in [0.25, 0.3) is 0 Å². The highest BCUT2D eigenvalue weighted by atomic mass is 79.9. The zero-order valence-electron chi connectivity index (χ0n) is 19.9. The molecule has 2 aromatic rings. The number of anilines is 1. The molecular formula is C24H29BrN4O5S. The summed E-state index contributed by atoms with van der Waals surface area (Å²) in [6, 6.07) is 9.16. The first-order valence-electron chi connectivity index (χ1n) is 11.0. The van der Waals surface area contributed by atoms with E-state index in [4.69, 9.17) is 4.74 Å². The van der Waals surface area contributed by atoms with Crippen LogP contribution in [0, 0.1) is 18.8 Å². The largest absolute Gasteiger partial charge is 0.497 e. The molecule has 0 bridgehead atoms. The van der Waals surface area contributed by atoms with Crippen LogP contribution in [-0.2, 0) is 10.0 Å². The van der Waals surface area contributed by atoms with Gasteiger partial charge in [-0.15, -0.1) is 0 Å². The van der Waals surface area contributed by atoms with Gasteiger partial charge in [0.15, 0.2) is 0 Å². The molecule has 11 heteroatoms. The minimum atomic E-state index is -4.11. The maximum atomic E-state index is 13.8. The van der Waals surface area contributed by atoms with E-state index in [9.17, 15) is 18.4 Å². The first kappa shape index (κ1) is 27.0. The predicted octanol–water partition coefficient (Wildman–Crippen LogP) is 2.33. The molecule has 2 N–H and O–H groups in total. The Bertz CT molecular complexity index is 1220. The first-order valence-corrected chi connectivity index (χ1v) is 13.2. The number of aryl methyl sites for hydroxylation is 1. The van der Waals surface area contributed by atoms with Crippen molar-refractivity contribution in [3.05, 3.63) is 52.0 Å². The molecule has 0 atom stereocenters. The molecule has 1 aliphatic heterocycles. The van der Waals surface area contributed by atoms with E-state index in [-0.39, 0.29) is 22.7 Å². The smallest absolute Gasteiger partial charge is 0.276 e. The molecular weight excluding hydrogens is 536 g/mol. The van der Waals surface area contributed by atoms with E-state index in [1.165, 1.54) is 25.3 Å². The number of ether oxygens (including phenoxy) is 1. The fraction of sp³-hybridized carbons (Fsp3) is 0.375. The number of nitrogens with zero attached hydrogens (tertiary/aromatic N) is 3. The number of piperazine rings is 1. The molecule has 1 aliphatic rings. The second-order valence-corrected chi connectivity index (χ2v) is 11.0. The highest BCUT2D eigenvalue weighted by Crippen LogP contribution is 2.33. The Balaban J connectivity index is 2.01. The van der Waals surface area contributed by atoms with Gasteiger partial charge in [-0.3, -0.25) is 19.2 Å².